The quantitative estimate of drug-likeness (QED) is 0.847. The molecule has 1 N–H and O–H groups in total. The summed E-state index contributed by atoms with van der Waals surface area (Å²) in [6, 6.07) is 5.62. The second kappa shape index (κ2) is 8.43. The highest BCUT2D eigenvalue weighted by Gasteiger charge is 2.32. The molecule has 3 rings (SSSR count). The molecule has 6 nitrogen and oxygen atoms in total. The lowest BCUT2D eigenvalue weighted by Gasteiger charge is -2.27. The maximum absolute atomic E-state index is 12.7. The summed E-state index contributed by atoms with van der Waals surface area (Å²) < 4.78 is 10.8. The van der Waals surface area contributed by atoms with Crippen LogP contribution in [0, 0.1) is 5.92 Å². The minimum Gasteiger partial charge on any atom is -0.497 e. The molecule has 0 radical (unpaired) electrons. The molecular formula is C20H28N2O4. The number of nitrogens with zero attached hydrogens (tertiary/aromatic N) is 1. The summed E-state index contributed by atoms with van der Waals surface area (Å²) in [6.07, 6.45) is 5.91. The molecule has 1 aliphatic carbocycles. The van der Waals surface area contributed by atoms with Gasteiger partial charge < -0.3 is 19.7 Å². The first kappa shape index (κ1) is 18.5. The van der Waals surface area contributed by atoms with Crippen molar-refractivity contribution < 1.29 is 19.1 Å². The van der Waals surface area contributed by atoms with Crippen LogP contribution in [0.1, 0.15) is 50.1 Å². The Morgan fingerprint density at radius 3 is 2.58 bits per heavy atom. The summed E-state index contributed by atoms with van der Waals surface area (Å²) >= 11 is 0. The number of carbonyl (C=O) groups is 2. The average Bonchev–Trinajstić information content (AvgIpc) is 3.37. The molecule has 1 heterocycles. The highest BCUT2D eigenvalue weighted by atomic mass is 16.5. The molecule has 0 spiro atoms. The van der Waals surface area contributed by atoms with Gasteiger partial charge in [-0.1, -0.05) is 12.8 Å². The van der Waals surface area contributed by atoms with E-state index in [1.807, 2.05) is 23.1 Å². The van der Waals surface area contributed by atoms with E-state index >= 15 is 0 Å². The van der Waals surface area contributed by atoms with Gasteiger partial charge in [0.25, 0.3) is 0 Å². The Bertz CT molecular complexity index is 655. The van der Waals surface area contributed by atoms with Gasteiger partial charge >= 0.3 is 0 Å². The monoisotopic (exact) mass is 360 g/mol. The van der Waals surface area contributed by atoms with E-state index < -0.39 is 0 Å². The molecule has 142 valence electrons. The summed E-state index contributed by atoms with van der Waals surface area (Å²) in [6.45, 7) is 0.765. The predicted molar refractivity (Wildman–Crippen MR) is 98.2 cm³/mol. The van der Waals surface area contributed by atoms with Gasteiger partial charge in [-0.25, -0.2) is 0 Å². The Balaban J connectivity index is 1.67. The highest BCUT2D eigenvalue weighted by Crippen LogP contribution is 2.38. The number of hydrogen-bond acceptors (Lipinski definition) is 4. The molecule has 2 fully saturated rings. The molecule has 1 saturated carbocycles. The number of amides is 2. The van der Waals surface area contributed by atoms with Crippen LogP contribution in [0.3, 0.4) is 0 Å². The molecule has 1 unspecified atom stereocenters. The van der Waals surface area contributed by atoms with E-state index in [0.717, 1.165) is 55.6 Å². The summed E-state index contributed by atoms with van der Waals surface area (Å²) in [5, 5.41) is 2.84. The number of methoxy groups -OCH3 is 2. The molecule has 2 amide bonds. The van der Waals surface area contributed by atoms with E-state index in [0.29, 0.717) is 6.54 Å². The molecule has 6 heteroatoms. The largest absolute Gasteiger partial charge is 0.497 e. The van der Waals surface area contributed by atoms with Crippen LogP contribution in [0.25, 0.3) is 0 Å². The Hall–Kier alpha value is -2.24. The van der Waals surface area contributed by atoms with Gasteiger partial charge in [0.2, 0.25) is 11.8 Å². The van der Waals surface area contributed by atoms with Crippen molar-refractivity contribution >= 4 is 11.8 Å². The number of rotatable bonds is 6. The van der Waals surface area contributed by atoms with Crippen molar-refractivity contribution in [2.24, 2.45) is 5.92 Å². The highest BCUT2D eigenvalue weighted by molar-refractivity contribution is 5.86. The second-order valence-electron chi connectivity index (χ2n) is 7.05. The van der Waals surface area contributed by atoms with E-state index in [1.54, 1.807) is 14.2 Å². The maximum Gasteiger partial charge on any atom is 0.242 e. The molecule has 1 aromatic carbocycles. The fraction of sp³-hybridized carbons (Fsp3) is 0.600. The van der Waals surface area contributed by atoms with E-state index in [-0.39, 0.29) is 30.3 Å². The van der Waals surface area contributed by atoms with Gasteiger partial charge in [0.15, 0.2) is 0 Å². The van der Waals surface area contributed by atoms with Gasteiger partial charge in [-0.15, -0.1) is 0 Å². The maximum atomic E-state index is 12.7. The Labute approximate surface area is 154 Å². The van der Waals surface area contributed by atoms with Crippen LogP contribution >= 0.6 is 0 Å². The zero-order valence-corrected chi connectivity index (χ0v) is 15.6. The molecule has 0 aromatic heterocycles. The van der Waals surface area contributed by atoms with E-state index in [1.165, 1.54) is 0 Å². The number of benzene rings is 1. The lowest BCUT2D eigenvalue weighted by Crippen LogP contribution is -2.41. The van der Waals surface area contributed by atoms with Crippen molar-refractivity contribution in [2.75, 3.05) is 27.3 Å². The molecule has 26 heavy (non-hydrogen) atoms. The van der Waals surface area contributed by atoms with Crippen molar-refractivity contribution in [3.8, 4) is 11.5 Å². The van der Waals surface area contributed by atoms with E-state index in [4.69, 9.17) is 9.47 Å². The van der Waals surface area contributed by atoms with Crippen LogP contribution in [0.4, 0.5) is 0 Å². The molecule has 1 saturated heterocycles. The summed E-state index contributed by atoms with van der Waals surface area (Å²) in [5.41, 5.74) is 0.958. The third-order valence-electron chi connectivity index (χ3n) is 5.51. The minimum atomic E-state index is -0.0454. The Morgan fingerprint density at radius 2 is 1.88 bits per heavy atom. The molecule has 1 aromatic rings. The Morgan fingerprint density at radius 1 is 1.12 bits per heavy atom. The van der Waals surface area contributed by atoms with Crippen molar-refractivity contribution in [1.82, 2.24) is 10.2 Å². The Kier molecular flexibility index (Phi) is 6.01. The summed E-state index contributed by atoms with van der Waals surface area (Å²) in [4.78, 5) is 26.8. The van der Waals surface area contributed by atoms with Crippen LogP contribution in [0.5, 0.6) is 11.5 Å². The van der Waals surface area contributed by atoms with Crippen LogP contribution in [-0.2, 0) is 9.59 Å². The predicted octanol–water partition coefficient (Wildman–Crippen LogP) is 2.67. The third kappa shape index (κ3) is 3.94. The molecular weight excluding hydrogens is 332 g/mol. The number of likely N-dealkylation sites (tertiary alicyclic amines) is 1. The second-order valence-corrected chi connectivity index (χ2v) is 7.05. The number of hydrogen-bond donors (Lipinski definition) is 1. The molecule has 1 aliphatic heterocycles. The van der Waals surface area contributed by atoms with Crippen molar-refractivity contribution in [3.63, 3.8) is 0 Å². The number of ether oxygens (including phenoxy) is 2. The first-order chi connectivity index (χ1) is 12.6. The third-order valence-corrected chi connectivity index (χ3v) is 5.51. The van der Waals surface area contributed by atoms with E-state index in [9.17, 15) is 9.59 Å². The average molecular weight is 360 g/mol. The van der Waals surface area contributed by atoms with Gasteiger partial charge in [-0.2, -0.15) is 0 Å². The van der Waals surface area contributed by atoms with Gasteiger partial charge in [0.1, 0.15) is 11.5 Å². The van der Waals surface area contributed by atoms with Crippen LogP contribution in [0.2, 0.25) is 0 Å². The lowest BCUT2D eigenvalue weighted by atomic mass is 10.0. The number of carbonyl (C=O) groups excluding carboxylic acids is 2. The fourth-order valence-electron chi connectivity index (χ4n) is 4.08. The van der Waals surface area contributed by atoms with Gasteiger partial charge in [-0.05, 0) is 43.9 Å². The van der Waals surface area contributed by atoms with Gasteiger partial charge in [0, 0.05) is 18.0 Å². The first-order valence-electron chi connectivity index (χ1n) is 9.43. The normalized spacial score (nSPS) is 20.2. The summed E-state index contributed by atoms with van der Waals surface area (Å²) in [7, 11) is 3.26. The smallest absolute Gasteiger partial charge is 0.242 e. The number of nitrogens with one attached hydrogen (secondary N) is 1. The zero-order valence-electron chi connectivity index (χ0n) is 15.6. The van der Waals surface area contributed by atoms with Crippen molar-refractivity contribution in [3.05, 3.63) is 23.8 Å². The van der Waals surface area contributed by atoms with Crippen LogP contribution < -0.4 is 14.8 Å². The fourth-order valence-corrected chi connectivity index (χ4v) is 4.08. The zero-order chi connectivity index (χ0) is 18.5. The topological polar surface area (TPSA) is 67.9 Å². The first-order valence-corrected chi connectivity index (χ1v) is 9.43. The van der Waals surface area contributed by atoms with Gasteiger partial charge in [-0.3, -0.25) is 9.59 Å². The lowest BCUT2D eigenvalue weighted by molar-refractivity contribution is -0.134. The van der Waals surface area contributed by atoms with Crippen molar-refractivity contribution in [2.45, 2.75) is 44.6 Å². The summed E-state index contributed by atoms with van der Waals surface area (Å²) in [5.74, 6) is 1.56. The minimum absolute atomic E-state index is 0.0190. The molecule has 2 aliphatic rings. The molecule has 0 bridgehead atoms. The standard InChI is InChI=1S/C20H28N2O4/c1-25-15-9-10-18(26-2)16(12-15)17-8-5-11-22(17)19(23)13-21-20(24)14-6-3-4-7-14/h9-10,12,14,17H,3-8,11,13H2,1-2H3,(H,21,24). The van der Waals surface area contributed by atoms with Crippen molar-refractivity contribution in [1.29, 1.82) is 0 Å². The van der Waals surface area contributed by atoms with Crippen LogP contribution in [0.15, 0.2) is 18.2 Å². The van der Waals surface area contributed by atoms with E-state index in [2.05, 4.69) is 5.32 Å². The molecule has 1 atom stereocenters. The SMILES string of the molecule is COc1ccc(OC)c(C2CCCN2C(=O)CNC(=O)C2CCCC2)c1. The van der Waals surface area contributed by atoms with Crippen LogP contribution in [-0.4, -0.2) is 44.0 Å². The van der Waals surface area contributed by atoms with Gasteiger partial charge in [0.05, 0.1) is 26.8 Å².